The van der Waals surface area contributed by atoms with E-state index in [0.717, 1.165) is 0 Å². The quantitative estimate of drug-likeness (QED) is 0.732. The molecule has 0 amide bonds. The summed E-state index contributed by atoms with van der Waals surface area (Å²) in [7, 11) is 0. The van der Waals surface area contributed by atoms with Gasteiger partial charge in [-0.3, -0.25) is 0 Å². The predicted molar refractivity (Wildman–Crippen MR) is 66.1 cm³/mol. The minimum atomic E-state index is 0.578. The fourth-order valence-electron chi connectivity index (χ4n) is 3.32. The van der Waals surface area contributed by atoms with Crippen LogP contribution in [0.5, 0.6) is 0 Å². The summed E-state index contributed by atoms with van der Waals surface area (Å²) in [6.07, 6.45) is 8.63. The first-order valence-corrected chi connectivity index (χ1v) is 7.50. The van der Waals surface area contributed by atoms with Gasteiger partial charge >= 0.3 is 117 Å². The van der Waals surface area contributed by atoms with E-state index in [1.54, 1.807) is 44.7 Å². The molecule has 0 heterocycles. The molecule has 0 radical (unpaired) electrons. The number of benzene rings is 1. The number of fused-ring (bicyclic) bond motifs is 2. The van der Waals surface area contributed by atoms with Crippen LogP contribution >= 0.6 is 0 Å². The van der Waals surface area contributed by atoms with Crippen molar-refractivity contribution in [1.82, 2.24) is 0 Å². The van der Waals surface area contributed by atoms with Gasteiger partial charge in [-0.1, -0.05) is 0 Å². The number of hydrogen-bond donors (Lipinski definition) is 0. The molecule has 4 rings (SSSR count). The van der Waals surface area contributed by atoms with Crippen molar-refractivity contribution in [3.8, 4) is 0 Å². The van der Waals surface area contributed by atoms with Crippen LogP contribution in [0.1, 0.15) is 36.3 Å². The second-order valence-corrected chi connectivity index (χ2v) is 6.59. The Bertz CT molecular complexity index is 602. The molecule has 0 N–H and O–H groups in total. The zero-order valence-electron chi connectivity index (χ0n) is 9.66. The summed E-state index contributed by atoms with van der Waals surface area (Å²) in [5.41, 5.74) is 8.08. The van der Waals surface area contributed by atoms with E-state index in [4.69, 9.17) is 0 Å². The van der Waals surface area contributed by atoms with Crippen LogP contribution in [0.25, 0.3) is 6.08 Å². The van der Waals surface area contributed by atoms with Gasteiger partial charge in [0.15, 0.2) is 0 Å². The molecule has 0 aliphatic heterocycles. The Labute approximate surface area is 117 Å². The molecule has 81 valence electrons. The van der Waals surface area contributed by atoms with Gasteiger partial charge in [0.1, 0.15) is 0 Å². The zero-order valence-corrected chi connectivity index (χ0v) is 12.1. The molecule has 1 fully saturated rings. The molecule has 3 aliphatic carbocycles. The standard InChI is InChI=1S/C16H13.Zr/c1-2-4-13-11(3-1)6-9-15(13)16-10-7-12-5-8-14(12)16;/h1-4,6,9,15H,5,8,10H2;. The first-order chi connectivity index (χ1) is 8.34. The summed E-state index contributed by atoms with van der Waals surface area (Å²) < 4.78 is 1.71. The molecule has 1 heteroatoms. The minimum absolute atomic E-state index is 0.578. The van der Waals surface area contributed by atoms with Crippen LogP contribution in [0, 0.1) is 0 Å². The summed E-state index contributed by atoms with van der Waals surface area (Å²) in [5, 5.41) is 0. The molecular formula is C16H13Zr. The van der Waals surface area contributed by atoms with Crippen LogP contribution < -0.4 is 0 Å². The van der Waals surface area contributed by atoms with Crippen molar-refractivity contribution in [2.75, 3.05) is 0 Å². The van der Waals surface area contributed by atoms with Gasteiger partial charge in [0.05, 0.1) is 0 Å². The van der Waals surface area contributed by atoms with Crippen LogP contribution in [-0.4, -0.2) is 0 Å². The first kappa shape index (κ1) is 10.3. The van der Waals surface area contributed by atoms with Crippen molar-refractivity contribution in [3.63, 3.8) is 0 Å². The summed E-state index contributed by atoms with van der Waals surface area (Å²) >= 11 is 1.63. The monoisotopic (exact) mass is 295 g/mol. The van der Waals surface area contributed by atoms with E-state index in [1.165, 1.54) is 30.4 Å². The van der Waals surface area contributed by atoms with Crippen molar-refractivity contribution in [1.29, 1.82) is 0 Å². The third kappa shape index (κ3) is 1.38. The maximum atomic E-state index is 2.40. The molecule has 1 aromatic rings. The van der Waals surface area contributed by atoms with Crippen LogP contribution in [0.15, 0.2) is 50.3 Å². The van der Waals surface area contributed by atoms with Gasteiger partial charge < -0.3 is 0 Å². The Morgan fingerprint density at radius 2 is 1.88 bits per heavy atom. The topological polar surface area (TPSA) is 0 Å². The molecule has 0 spiro atoms. The Kier molecular flexibility index (Phi) is 2.21. The molecular weight excluding hydrogens is 283 g/mol. The number of hydrogen-bond acceptors (Lipinski definition) is 0. The zero-order chi connectivity index (χ0) is 11.4. The number of rotatable bonds is 1. The molecule has 1 saturated carbocycles. The number of allylic oxidation sites excluding steroid dienone is 5. The SMILES string of the molecule is [Zr][C]1=C2CCC2=C(C2C=Cc3ccccc32)C1. The Hall–Kier alpha value is -0.677. The van der Waals surface area contributed by atoms with Gasteiger partial charge in [0.2, 0.25) is 0 Å². The molecule has 0 bridgehead atoms. The van der Waals surface area contributed by atoms with E-state index in [0.29, 0.717) is 5.92 Å². The van der Waals surface area contributed by atoms with E-state index in [1.807, 2.05) is 0 Å². The third-order valence-corrected chi connectivity index (χ3v) is 5.46. The van der Waals surface area contributed by atoms with Gasteiger partial charge in [0.25, 0.3) is 0 Å². The van der Waals surface area contributed by atoms with Crippen molar-refractivity contribution in [2.45, 2.75) is 25.2 Å². The summed E-state index contributed by atoms with van der Waals surface area (Å²) in [6, 6.07) is 8.85. The normalized spacial score (nSPS) is 25.0. The average Bonchev–Trinajstić information content (AvgIpc) is 2.77. The maximum absolute atomic E-state index is 2.40. The second kappa shape index (κ2) is 3.66. The van der Waals surface area contributed by atoms with E-state index in [-0.39, 0.29) is 0 Å². The Balaban J connectivity index is 1.79. The van der Waals surface area contributed by atoms with Gasteiger partial charge in [-0.2, -0.15) is 0 Å². The molecule has 0 nitrogen and oxygen atoms in total. The van der Waals surface area contributed by atoms with Gasteiger partial charge in [-0.25, -0.2) is 0 Å². The molecule has 17 heavy (non-hydrogen) atoms. The van der Waals surface area contributed by atoms with E-state index in [2.05, 4.69) is 36.4 Å². The summed E-state index contributed by atoms with van der Waals surface area (Å²) in [5.74, 6) is 0.578. The Morgan fingerprint density at radius 3 is 2.65 bits per heavy atom. The van der Waals surface area contributed by atoms with Crippen LogP contribution in [-0.2, 0) is 24.7 Å². The van der Waals surface area contributed by atoms with Crippen LogP contribution in [0.2, 0.25) is 0 Å². The van der Waals surface area contributed by atoms with Gasteiger partial charge in [-0.05, 0) is 0 Å². The van der Waals surface area contributed by atoms with Gasteiger partial charge in [0, 0.05) is 0 Å². The van der Waals surface area contributed by atoms with Crippen molar-refractivity contribution in [3.05, 3.63) is 61.5 Å². The van der Waals surface area contributed by atoms with E-state index < -0.39 is 0 Å². The van der Waals surface area contributed by atoms with Crippen molar-refractivity contribution < 1.29 is 24.7 Å². The van der Waals surface area contributed by atoms with E-state index >= 15 is 0 Å². The molecule has 1 unspecified atom stereocenters. The average molecular weight is 297 g/mol. The fourth-order valence-corrected chi connectivity index (χ4v) is 4.46. The predicted octanol–water partition coefficient (Wildman–Crippen LogP) is 4.09. The van der Waals surface area contributed by atoms with Crippen molar-refractivity contribution in [2.24, 2.45) is 0 Å². The van der Waals surface area contributed by atoms with Crippen LogP contribution in [0.4, 0.5) is 0 Å². The summed E-state index contributed by atoms with van der Waals surface area (Å²) in [4.78, 5) is 0. The first-order valence-electron chi connectivity index (χ1n) is 6.27. The van der Waals surface area contributed by atoms with Crippen molar-refractivity contribution >= 4 is 6.08 Å². The second-order valence-electron chi connectivity index (χ2n) is 5.10. The van der Waals surface area contributed by atoms with E-state index in [9.17, 15) is 0 Å². The molecule has 3 aliphatic rings. The molecule has 0 saturated heterocycles. The molecule has 0 aromatic heterocycles. The van der Waals surface area contributed by atoms with Crippen LogP contribution in [0.3, 0.4) is 0 Å². The third-order valence-electron chi connectivity index (χ3n) is 4.28. The fraction of sp³-hybridized carbons (Fsp3) is 0.250. The van der Waals surface area contributed by atoms with Gasteiger partial charge in [-0.15, -0.1) is 0 Å². The summed E-state index contributed by atoms with van der Waals surface area (Å²) in [6.45, 7) is 0. The Morgan fingerprint density at radius 1 is 1.06 bits per heavy atom. The molecule has 1 atom stereocenters. The molecule has 1 aromatic carbocycles.